The molecule has 17 heavy (non-hydrogen) atoms. The van der Waals surface area contributed by atoms with Gasteiger partial charge in [-0.1, -0.05) is 25.1 Å². The van der Waals surface area contributed by atoms with Crippen molar-refractivity contribution in [2.75, 3.05) is 11.9 Å². The minimum absolute atomic E-state index is 0.0661. The molecule has 0 bridgehead atoms. The summed E-state index contributed by atoms with van der Waals surface area (Å²) in [7, 11) is 0. The first-order valence-corrected chi connectivity index (χ1v) is 6.60. The molecule has 1 saturated heterocycles. The van der Waals surface area contributed by atoms with Gasteiger partial charge < -0.3 is 10.1 Å². The molecule has 1 unspecified atom stereocenters. The van der Waals surface area contributed by atoms with Crippen molar-refractivity contribution in [1.29, 1.82) is 0 Å². The molecule has 2 nitrogen and oxygen atoms in total. The lowest BCUT2D eigenvalue weighted by atomic mass is 10.1. The summed E-state index contributed by atoms with van der Waals surface area (Å²) in [6.45, 7) is 7.45. The van der Waals surface area contributed by atoms with Crippen LogP contribution < -0.4 is 5.32 Å². The number of rotatable bonds is 4. The van der Waals surface area contributed by atoms with Crippen molar-refractivity contribution in [3.8, 4) is 0 Å². The van der Waals surface area contributed by atoms with Gasteiger partial charge in [0.25, 0.3) is 0 Å². The number of benzene rings is 1. The van der Waals surface area contributed by atoms with Crippen LogP contribution in [0.5, 0.6) is 0 Å². The minimum Gasteiger partial charge on any atom is -0.382 e. The molecule has 1 aliphatic heterocycles. The lowest BCUT2D eigenvalue weighted by molar-refractivity contribution is -0.00911. The van der Waals surface area contributed by atoms with Crippen LogP contribution in [0.15, 0.2) is 24.3 Å². The van der Waals surface area contributed by atoms with Crippen LogP contribution in [-0.2, 0) is 11.2 Å². The Hall–Kier alpha value is -1.02. The molecule has 0 spiro atoms. The van der Waals surface area contributed by atoms with Crippen LogP contribution in [0.4, 0.5) is 5.69 Å². The fraction of sp³-hybridized carbons (Fsp3) is 0.600. The van der Waals surface area contributed by atoms with Crippen molar-refractivity contribution in [2.24, 2.45) is 0 Å². The summed E-state index contributed by atoms with van der Waals surface area (Å²) in [5.41, 5.74) is 2.70. The van der Waals surface area contributed by atoms with Gasteiger partial charge in [-0.3, -0.25) is 0 Å². The molecule has 1 aromatic rings. The minimum atomic E-state index is 0.0661. The lowest BCUT2D eigenvalue weighted by Crippen LogP contribution is -2.25. The molecular weight excluding hydrogens is 210 g/mol. The van der Waals surface area contributed by atoms with Gasteiger partial charge in [-0.25, -0.2) is 0 Å². The molecule has 0 saturated carbocycles. The number of aryl methyl sites for hydroxylation is 1. The fourth-order valence-corrected chi connectivity index (χ4v) is 2.45. The third kappa shape index (κ3) is 3.22. The van der Waals surface area contributed by atoms with Crippen LogP contribution in [0.1, 0.15) is 39.2 Å². The number of ether oxygens (including phenoxy) is 1. The van der Waals surface area contributed by atoms with Gasteiger partial charge in [0.1, 0.15) is 0 Å². The Kier molecular flexibility index (Phi) is 3.72. The zero-order valence-corrected chi connectivity index (χ0v) is 11.1. The Morgan fingerprint density at radius 3 is 2.76 bits per heavy atom. The molecule has 1 aromatic carbocycles. The standard InChI is InChI=1S/C15H23NO/c1-4-12-7-5-6-8-14(12)16-11-13-9-10-15(2,3)17-13/h5-8,13,16H,4,9-11H2,1-3H3. The first kappa shape index (κ1) is 12.4. The predicted molar refractivity (Wildman–Crippen MR) is 72.5 cm³/mol. The molecule has 2 heteroatoms. The van der Waals surface area contributed by atoms with Crippen molar-refractivity contribution in [3.05, 3.63) is 29.8 Å². The second-order valence-corrected chi connectivity index (χ2v) is 5.43. The van der Waals surface area contributed by atoms with E-state index in [1.165, 1.54) is 11.3 Å². The van der Waals surface area contributed by atoms with Crippen LogP contribution in [0, 0.1) is 0 Å². The number of anilines is 1. The van der Waals surface area contributed by atoms with Crippen LogP contribution in [0.25, 0.3) is 0 Å². The first-order chi connectivity index (χ1) is 8.11. The molecule has 0 aromatic heterocycles. The maximum Gasteiger partial charge on any atom is 0.0755 e. The van der Waals surface area contributed by atoms with E-state index in [1.807, 2.05) is 0 Å². The predicted octanol–water partition coefficient (Wildman–Crippen LogP) is 3.62. The highest BCUT2D eigenvalue weighted by molar-refractivity contribution is 5.51. The topological polar surface area (TPSA) is 21.3 Å². The summed E-state index contributed by atoms with van der Waals surface area (Å²) in [5, 5.41) is 3.52. The molecule has 2 rings (SSSR count). The molecule has 1 N–H and O–H groups in total. The SMILES string of the molecule is CCc1ccccc1NCC1CCC(C)(C)O1. The van der Waals surface area contributed by atoms with Crippen LogP contribution in [0.3, 0.4) is 0 Å². The molecular formula is C15H23NO. The van der Waals surface area contributed by atoms with E-state index in [1.54, 1.807) is 0 Å². The van der Waals surface area contributed by atoms with Crippen molar-refractivity contribution >= 4 is 5.69 Å². The summed E-state index contributed by atoms with van der Waals surface area (Å²) in [6.07, 6.45) is 3.75. The first-order valence-electron chi connectivity index (χ1n) is 6.60. The van der Waals surface area contributed by atoms with Gasteiger partial charge in [0.05, 0.1) is 11.7 Å². The lowest BCUT2D eigenvalue weighted by Gasteiger charge is -2.20. The van der Waals surface area contributed by atoms with Gasteiger partial charge in [0.2, 0.25) is 0 Å². The fourth-order valence-electron chi connectivity index (χ4n) is 2.45. The molecule has 1 atom stereocenters. The summed E-state index contributed by atoms with van der Waals surface area (Å²) in [5.74, 6) is 0. The van der Waals surface area contributed by atoms with E-state index in [2.05, 4.69) is 50.4 Å². The van der Waals surface area contributed by atoms with E-state index >= 15 is 0 Å². The van der Waals surface area contributed by atoms with E-state index in [4.69, 9.17) is 4.74 Å². The third-order valence-electron chi connectivity index (χ3n) is 3.47. The van der Waals surface area contributed by atoms with Crippen molar-refractivity contribution in [1.82, 2.24) is 0 Å². The van der Waals surface area contributed by atoms with E-state index in [9.17, 15) is 0 Å². The Morgan fingerprint density at radius 1 is 1.35 bits per heavy atom. The average Bonchev–Trinajstić information content (AvgIpc) is 2.67. The van der Waals surface area contributed by atoms with E-state index in [0.29, 0.717) is 6.10 Å². The van der Waals surface area contributed by atoms with Crippen LogP contribution in [-0.4, -0.2) is 18.2 Å². The molecule has 0 radical (unpaired) electrons. The van der Waals surface area contributed by atoms with E-state index < -0.39 is 0 Å². The summed E-state index contributed by atoms with van der Waals surface area (Å²) in [6, 6.07) is 8.51. The van der Waals surface area contributed by atoms with Gasteiger partial charge in [-0.2, -0.15) is 0 Å². The molecule has 0 amide bonds. The zero-order chi connectivity index (χ0) is 12.3. The highest BCUT2D eigenvalue weighted by Gasteiger charge is 2.31. The van der Waals surface area contributed by atoms with E-state index in [0.717, 1.165) is 25.8 Å². The summed E-state index contributed by atoms with van der Waals surface area (Å²) in [4.78, 5) is 0. The Balaban J connectivity index is 1.90. The Bertz CT molecular complexity index is 373. The van der Waals surface area contributed by atoms with Crippen molar-refractivity contribution in [3.63, 3.8) is 0 Å². The molecule has 94 valence electrons. The average molecular weight is 233 g/mol. The monoisotopic (exact) mass is 233 g/mol. The number of hydrogen-bond acceptors (Lipinski definition) is 2. The maximum absolute atomic E-state index is 5.98. The second kappa shape index (κ2) is 5.09. The van der Waals surface area contributed by atoms with Crippen molar-refractivity contribution in [2.45, 2.75) is 51.7 Å². The normalized spacial score (nSPS) is 22.6. The zero-order valence-electron chi connectivity index (χ0n) is 11.1. The highest BCUT2D eigenvalue weighted by Crippen LogP contribution is 2.29. The molecule has 1 heterocycles. The Labute approximate surface area is 104 Å². The molecule has 1 fully saturated rings. The third-order valence-corrected chi connectivity index (χ3v) is 3.47. The molecule has 1 aliphatic rings. The van der Waals surface area contributed by atoms with E-state index in [-0.39, 0.29) is 5.60 Å². The van der Waals surface area contributed by atoms with Crippen LogP contribution in [0.2, 0.25) is 0 Å². The number of nitrogens with one attached hydrogen (secondary N) is 1. The maximum atomic E-state index is 5.98. The molecule has 0 aliphatic carbocycles. The summed E-state index contributed by atoms with van der Waals surface area (Å²) < 4.78 is 5.98. The number of para-hydroxylation sites is 1. The van der Waals surface area contributed by atoms with Gasteiger partial charge in [-0.15, -0.1) is 0 Å². The van der Waals surface area contributed by atoms with Crippen LogP contribution >= 0.6 is 0 Å². The van der Waals surface area contributed by atoms with Gasteiger partial charge in [0.15, 0.2) is 0 Å². The van der Waals surface area contributed by atoms with Gasteiger partial charge in [-0.05, 0) is 44.7 Å². The van der Waals surface area contributed by atoms with Gasteiger partial charge in [0, 0.05) is 12.2 Å². The smallest absolute Gasteiger partial charge is 0.0755 e. The summed E-state index contributed by atoms with van der Waals surface area (Å²) >= 11 is 0. The highest BCUT2D eigenvalue weighted by atomic mass is 16.5. The quantitative estimate of drug-likeness (QED) is 0.857. The number of hydrogen-bond donors (Lipinski definition) is 1. The Morgan fingerprint density at radius 2 is 2.12 bits per heavy atom. The largest absolute Gasteiger partial charge is 0.382 e. The van der Waals surface area contributed by atoms with Gasteiger partial charge >= 0.3 is 0 Å². The second-order valence-electron chi connectivity index (χ2n) is 5.43. The van der Waals surface area contributed by atoms with Crippen molar-refractivity contribution < 1.29 is 4.74 Å².